The lowest BCUT2D eigenvalue weighted by atomic mass is 9.97. The van der Waals surface area contributed by atoms with E-state index in [1.807, 2.05) is 24.3 Å². The van der Waals surface area contributed by atoms with Crippen LogP contribution >= 0.6 is 15.9 Å². The summed E-state index contributed by atoms with van der Waals surface area (Å²) in [6, 6.07) is 13.4. The van der Waals surface area contributed by atoms with Crippen molar-refractivity contribution >= 4 is 15.9 Å². The molecular weight excluding hydrogens is 302 g/mol. The van der Waals surface area contributed by atoms with Crippen molar-refractivity contribution in [3.8, 4) is 22.9 Å². The molecule has 0 atom stereocenters. The predicted molar refractivity (Wildman–Crippen MR) is 80.0 cm³/mol. The number of aromatic hydroxyl groups is 1. The Labute approximate surface area is 121 Å². The summed E-state index contributed by atoms with van der Waals surface area (Å²) in [5.41, 5.74) is 3.34. The van der Waals surface area contributed by atoms with Crippen LogP contribution in [0.15, 0.2) is 40.9 Å². The van der Waals surface area contributed by atoms with E-state index in [0.717, 1.165) is 5.56 Å². The van der Waals surface area contributed by atoms with Gasteiger partial charge in [0, 0.05) is 5.56 Å². The van der Waals surface area contributed by atoms with E-state index in [0.29, 0.717) is 21.5 Å². The fourth-order valence-corrected chi connectivity index (χ4v) is 2.39. The lowest BCUT2D eigenvalue weighted by molar-refractivity contribution is 0.474. The average Bonchev–Trinajstić information content (AvgIpc) is 2.41. The van der Waals surface area contributed by atoms with Gasteiger partial charge in [-0.1, -0.05) is 38.1 Å². The second-order valence-corrected chi connectivity index (χ2v) is 5.60. The lowest BCUT2D eigenvalue weighted by Gasteiger charge is -2.10. The van der Waals surface area contributed by atoms with Gasteiger partial charge in [0.25, 0.3) is 0 Å². The topological polar surface area (TPSA) is 44.0 Å². The number of nitriles is 1. The molecular formula is C16H14BrNO. The molecule has 0 saturated carbocycles. The number of halogens is 1. The molecule has 3 heteroatoms. The lowest BCUT2D eigenvalue weighted by Crippen LogP contribution is -1.88. The van der Waals surface area contributed by atoms with Gasteiger partial charge in [0.05, 0.1) is 16.1 Å². The molecule has 2 aromatic carbocycles. The van der Waals surface area contributed by atoms with Gasteiger partial charge in [0.15, 0.2) is 0 Å². The first kappa shape index (κ1) is 13.6. The summed E-state index contributed by atoms with van der Waals surface area (Å²) >= 11 is 3.27. The average molecular weight is 316 g/mol. The first-order chi connectivity index (χ1) is 9.02. The van der Waals surface area contributed by atoms with E-state index in [9.17, 15) is 5.11 Å². The zero-order valence-electron chi connectivity index (χ0n) is 10.8. The minimum absolute atomic E-state index is 0.163. The van der Waals surface area contributed by atoms with Crippen LogP contribution in [0.3, 0.4) is 0 Å². The number of phenols is 1. The van der Waals surface area contributed by atoms with Crippen LogP contribution in [0.25, 0.3) is 11.1 Å². The highest BCUT2D eigenvalue weighted by Crippen LogP contribution is 2.36. The minimum Gasteiger partial charge on any atom is -0.506 e. The number of benzene rings is 2. The Bertz CT molecular complexity index is 639. The Morgan fingerprint density at radius 1 is 1.16 bits per heavy atom. The monoisotopic (exact) mass is 315 g/mol. The molecule has 0 amide bonds. The van der Waals surface area contributed by atoms with Crippen LogP contribution in [-0.4, -0.2) is 5.11 Å². The molecule has 96 valence electrons. The third kappa shape index (κ3) is 2.80. The molecule has 0 fully saturated rings. The quantitative estimate of drug-likeness (QED) is 0.863. The summed E-state index contributed by atoms with van der Waals surface area (Å²) in [4.78, 5) is 0. The van der Waals surface area contributed by atoms with E-state index in [1.165, 1.54) is 5.56 Å². The summed E-state index contributed by atoms with van der Waals surface area (Å²) in [7, 11) is 0. The number of nitrogens with zero attached hydrogens (tertiary/aromatic N) is 1. The Balaban J connectivity index is 2.52. The van der Waals surface area contributed by atoms with Crippen LogP contribution in [0.2, 0.25) is 0 Å². The Morgan fingerprint density at radius 2 is 1.79 bits per heavy atom. The van der Waals surface area contributed by atoms with Crippen LogP contribution in [0.1, 0.15) is 30.9 Å². The molecule has 0 radical (unpaired) electrons. The van der Waals surface area contributed by atoms with Crippen molar-refractivity contribution in [3.05, 3.63) is 52.0 Å². The predicted octanol–water partition coefficient (Wildman–Crippen LogP) is 4.82. The van der Waals surface area contributed by atoms with Gasteiger partial charge in [0.1, 0.15) is 5.75 Å². The normalized spacial score (nSPS) is 10.5. The molecule has 0 aliphatic heterocycles. The maximum atomic E-state index is 10.1. The van der Waals surface area contributed by atoms with Crippen LogP contribution in [0.4, 0.5) is 0 Å². The number of phenolic OH excluding ortho intramolecular Hbond substituents is 1. The van der Waals surface area contributed by atoms with Crippen molar-refractivity contribution in [1.82, 2.24) is 0 Å². The molecule has 1 N–H and O–H groups in total. The third-order valence-corrected chi connectivity index (χ3v) is 3.69. The second kappa shape index (κ2) is 5.46. The molecule has 0 unspecified atom stereocenters. The van der Waals surface area contributed by atoms with E-state index in [1.54, 1.807) is 12.1 Å². The molecule has 0 spiro atoms. The highest BCUT2D eigenvalue weighted by atomic mass is 79.9. The molecule has 0 aromatic heterocycles. The molecule has 2 rings (SSSR count). The van der Waals surface area contributed by atoms with Gasteiger partial charge in [-0.15, -0.1) is 0 Å². The van der Waals surface area contributed by atoms with E-state index < -0.39 is 0 Å². The van der Waals surface area contributed by atoms with Crippen LogP contribution in [-0.2, 0) is 0 Å². The molecule has 0 saturated heterocycles. The molecule has 2 nitrogen and oxygen atoms in total. The largest absolute Gasteiger partial charge is 0.506 e. The smallest absolute Gasteiger partial charge is 0.137 e. The summed E-state index contributed by atoms with van der Waals surface area (Å²) in [6.07, 6.45) is 0. The van der Waals surface area contributed by atoms with Crippen molar-refractivity contribution in [1.29, 1.82) is 5.26 Å². The Hall–Kier alpha value is -1.79. The van der Waals surface area contributed by atoms with Crippen LogP contribution in [0, 0.1) is 11.3 Å². The number of rotatable bonds is 2. The summed E-state index contributed by atoms with van der Waals surface area (Å²) in [5.74, 6) is 0.635. The van der Waals surface area contributed by atoms with Crippen LogP contribution in [0.5, 0.6) is 5.75 Å². The highest BCUT2D eigenvalue weighted by Gasteiger charge is 2.10. The summed E-state index contributed by atoms with van der Waals surface area (Å²) < 4.78 is 0.537. The fourth-order valence-electron chi connectivity index (χ4n) is 1.93. The van der Waals surface area contributed by atoms with Gasteiger partial charge in [-0.2, -0.15) is 5.26 Å². The SMILES string of the molecule is CC(C)c1ccc(-c2cc(C#N)cc(Br)c2O)cc1. The highest BCUT2D eigenvalue weighted by molar-refractivity contribution is 9.10. The molecule has 0 aliphatic carbocycles. The van der Waals surface area contributed by atoms with E-state index >= 15 is 0 Å². The first-order valence-corrected chi connectivity index (χ1v) is 6.85. The Kier molecular flexibility index (Phi) is 3.92. The Morgan fingerprint density at radius 3 is 2.32 bits per heavy atom. The van der Waals surface area contributed by atoms with E-state index in [4.69, 9.17) is 5.26 Å². The number of hydrogen-bond acceptors (Lipinski definition) is 2. The van der Waals surface area contributed by atoms with Gasteiger partial charge >= 0.3 is 0 Å². The molecule has 0 bridgehead atoms. The first-order valence-electron chi connectivity index (χ1n) is 6.06. The zero-order chi connectivity index (χ0) is 14.0. The maximum Gasteiger partial charge on any atom is 0.137 e. The standard InChI is InChI=1S/C16H14BrNO/c1-10(2)12-3-5-13(6-4-12)14-7-11(9-18)8-15(17)16(14)19/h3-8,10,19H,1-2H3. The second-order valence-electron chi connectivity index (χ2n) is 4.74. The van der Waals surface area contributed by atoms with E-state index in [-0.39, 0.29) is 5.75 Å². The third-order valence-electron chi connectivity index (χ3n) is 3.08. The van der Waals surface area contributed by atoms with E-state index in [2.05, 4.69) is 35.8 Å². The van der Waals surface area contributed by atoms with Gasteiger partial charge in [-0.05, 0) is 45.1 Å². The zero-order valence-corrected chi connectivity index (χ0v) is 12.4. The summed E-state index contributed by atoms with van der Waals surface area (Å²) in [6.45, 7) is 4.28. The molecule has 0 heterocycles. The van der Waals surface area contributed by atoms with Gasteiger partial charge in [0.2, 0.25) is 0 Å². The van der Waals surface area contributed by atoms with Crippen molar-refractivity contribution in [2.45, 2.75) is 19.8 Å². The van der Waals surface area contributed by atoms with Crippen molar-refractivity contribution in [2.75, 3.05) is 0 Å². The van der Waals surface area contributed by atoms with Gasteiger partial charge in [-0.25, -0.2) is 0 Å². The van der Waals surface area contributed by atoms with Gasteiger partial charge < -0.3 is 5.11 Å². The minimum atomic E-state index is 0.163. The van der Waals surface area contributed by atoms with Crippen molar-refractivity contribution in [2.24, 2.45) is 0 Å². The van der Waals surface area contributed by atoms with Crippen LogP contribution < -0.4 is 0 Å². The van der Waals surface area contributed by atoms with Crippen molar-refractivity contribution in [3.63, 3.8) is 0 Å². The summed E-state index contributed by atoms with van der Waals surface area (Å²) in [5, 5.41) is 19.1. The molecule has 2 aromatic rings. The number of hydrogen-bond donors (Lipinski definition) is 1. The molecule has 0 aliphatic rings. The fraction of sp³-hybridized carbons (Fsp3) is 0.188. The van der Waals surface area contributed by atoms with Crippen molar-refractivity contribution < 1.29 is 5.11 Å². The maximum absolute atomic E-state index is 10.1. The molecule has 19 heavy (non-hydrogen) atoms. The van der Waals surface area contributed by atoms with Gasteiger partial charge in [-0.3, -0.25) is 0 Å².